The van der Waals surface area contributed by atoms with Crippen molar-refractivity contribution in [1.82, 2.24) is 19.7 Å². The molecule has 0 saturated carbocycles. The van der Waals surface area contributed by atoms with E-state index >= 15 is 0 Å². The second kappa shape index (κ2) is 4.52. The SMILES string of the molecule is Brc1cnc(NCCn2cncn2)s1. The molecule has 0 atom stereocenters. The molecule has 0 aliphatic heterocycles. The van der Waals surface area contributed by atoms with Crippen molar-refractivity contribution in [2.45, 2.75) is 6.54 Å². The molecule has 0 aliphatic carbocycles. The predicted molar refractivity (Wildman–Crippen MR) is 58.3 cm³/mol. The summed E-state index contributed by atoms with van der Waals surface area (Å²) < 4.78 is 2.80. The average Bonchev–Trinajstić information content (AvgIpc) is 2.77. The molecule has 5 nitrogen and oxygen atoms in total. The van der Waals surface area contributed by atoms with Crippen LogP contribution >= 0.6 is 27.3 Å². The Labute approximate surface area is 93.3 Å². The van der Waals surface area contributed by atoms with Crippen LogP contribution in [-0.4, -0.2) is 26.3 Å². The molecule has 14 heavy (non-hydrogen) atoms. The summed E-state index contributed by atoms with van der Waals surface area (Å²) in [4.78, 5) is 8.01. The molecule has 0 aromatic carbocycles. The minimum absolute atomic E-state index is 0.789. The lowest BCUT2D eigenvalue weighted by Crippen LogP contribution is -2.10. The van der Waals surface area contributed by atoms with E-state index in [4.69, 9.17) is 0 Å². The van der Waals surface area contributed by atoms with Gasteiger partial charge in [-0.1, -0.05) is 11.3 Å². The lowest BCUT2D eigenvalue weighted by molar-refractivity contribution is 0.636. The van der Waals surface area contributed by atoms with Crippen molar-refractivity contribution in [3.05, 3.63) is 22.6 Å². The molecule has 0 unspecified atom stereocenters. The van der Waals surface area contributed by atoms with Gasteiger partial charge in [-0.2, -0.15) is 5.10 Å². The van der Waals surface area contributed by atoms with Gasteiger partial charge < -0.3 is 5.32 Å². The third kappa shape index (κ3) is 2.52. The molecule has 0 aliphatic rings. The summed E-state index contributed by atoms with van der Waals surface area (Å²) in [6.45, 7) is 1.58. The van der Waals surface area contributed by atoms with E-state index in [0.29, 0.717) is 0 Å². The number of rotatable bonds is 4. The maximum atomic E-state index is 4.15. The molecule has 2 rings (SSSR count). The van der Waals surface area contributed by atoms with Crippen molar-refractivity contribution in [3.63, 3.8) is 0 Å². The zero-order chi connectivity index (χ0) is 9.80. The van der Waals surface area contributed by atoms with Gasteiger partial charge in [0.05, 0.1) is 16.5 Å². The summed E-state index contributed by atoms with van der Waals surface area (Å²) in [7, 11) is 0. The van der Waals surface area contributed by atoms with Crippen LogP contribution < -0.4 is 5.32 Å². The Morgan fingerprint density at radius 3 is 3.14 bits per heavy atom. The van der Waals surface area contributed by atoms with Gasteiger partial charge in [0, 0.05) is 6.54 Å². The van der Waals surface area contributed by atoms with Crippen LogP contribution in [0.5, 0.6) is 0 Å². The molecule has 0 spiro atoms. The topological polar surface area (TPSA) is 55.6 Å². The van der Waals surface area contributed by atoms with Crippen LogP contribution in [0, 0.1) is 0 Å². The van der Waals surface area contributed by atoms with Crippen LogP contribution in [0.3, 0.4) is 0 Å². The summed E-state index contributed by atoms with van der Waals surface area (Å²) in [5, 5.41) is 8.10. The van der Waals surface area contributed by atoms with E-state index in [9.17, 15) is 0 Å². The zero-order valence-corrected chi connectivity index (χ0v) is 9.62. The second-order valence-corrected chi connectivity index (χ2v) is 4.96. The van der Waals surface area contributed by atoms with Gasteiger partial charge in [0.2, 0.25) is 0 Å². The number of nitrogens with one attached hydrogen (secondary N) is 1. The summed E-state index contributed by atoms with van der Waals surface area (Å²) >= 11 is 4.93. The first kappa shape index (κ1) is 9.60. The van der Waals surface area contributed by atoms with Gasteiger partial charge in [-0.05, 0) is 15.9 Å². The first-order chi connectivity index (χ1) is 6.84. The smallest absolute Gasteiger partial charge is 0.183 e. The van der Waals surface area contributed by atoms with E-state index < -0.39 is 0 Å². The molecule has 2 aromatic rings. The molecule has 74 valence electrons. The monoisotopic (exact) mass is 273 g/mol. The van der Waals surface area contributed by atoms with E-state index in [0.717, 1.165) is 22.0 Å². The third-order valence-electron chi connectivity index (χ3n) is 1.56. The van der Waals surface area contributed by atoms with Crippen molar-refractivity contribution in [2.24, 2.45) is 0 Å². The van der Waals surface area contributed by atoms with Gasteiger partial charge in [-0.15, -0.1) is 0 Å². The quantitative estimate of drug-likeness (QED) is 0.920. The standard InChI is InChI=1S/C7H8BrN5S/c8-6-3-11-7(14-6)10-1-2-13-5-9-4-12-13/h3-5H,1-2H2,(H,10,11). The van der Waals surface area contributed by atoms with Gasteiger partial charge in [0.25, 0.3) is 0 Å². The second-order valence-electron chi connectivity index (χ2n) is 2.55. The highest BCUT2D eigenvalue weighted by Crippen LogP contribution is 2.22. The van der Waals surface area contributed by atoms with Crippen molar-refractivity contribution in [3.8, 4) is 0 Å². The molecule has 0 fully saturated rings. The van der Waals surface area contributed by atoms with Crippen molar-refractivity contribution >= 4 is 32.4 Å². The molecule has 7 heteroatoms. The number of anilines is 1. The fraction of sp³-hybridized carbons (Fsp3) is 0.286. The van der Waals surface area contributed by atoms with Crippen LogP contribution in [0.2, 0.25) is 0 Å². The number of aromatic nitrogens is 4. The van der Waals surface area contributed by atoms with E-state index in [1.165, 1.54) is 6.33 Å². The van der Waals surface area contributed by atoms with Crippen molar-refractivity contribution < 1.29 is 0 Å². The number of nitrogens with zero attached hydrogens (tertiary/aromatic N) is 4. The molecule has 0 saturated heterocycles. The zero-order valence-electron chi connectivity index (χ0n) is 7.22. The van der Waals surface area contributed by atoms with Gasteiger partial charge >= 0.3 is 0 Å². The summed E-state index contributed by atoms with van der Waals surface area (Å²) in [6, 6.07) is 0. The lowest BCUT2D eigenvalue weighted by atomic mass is 10.6. The van der Waals surface area contributed by atoms with Crippen LogP contribution in [0.25, 0.3) is 0 Å². The van der Waals surface area contributed by atoms with Crippen molar-refractivity contribution in [2.75, 3.05) is 11.9 Å². The largest absolute Gasteiger partial charge is 0.360 e. The van der Waals surface area contributed by atoms with E-state index in [1.807, 2.05) is 0 Å². The van der Waals surface area contributed by atoms with Gasteiger partial charge in [0.15, 0.2) is 5.13 Å². The predicted octanol–water partition coefficient (Wildman–Crippen LogP) is 1.61. The Bertz CT molecular complexity index is 384. The van der Waals surface area contributed by atoms with Crippen molar-refractivity contribution in [1.29, 1.82) is 0 Å². The van der Waals surface area contributed by atoms with Gasteiger partial charge in [-0.25, -0.2) is 9.97 Å². The summed E-state index contributed by atoms with van der Waals surface area (Å²) in [5.74, 6) is 0. The number of halogens is 1. The average molecular weight is 274 g/mol. The highest BCUT2D eigenvalue weighted by atomic mass is 79.9. The molecule has 1 N–H and O–H groups in total. The van der Waals surface area contributed by atoms with E-state index in [1.54, 1.807) is 28.5 Å². The highest BCUT2D eigenvalue weighted by molar-refractivity contribution is 9.11. The van der Waals surface area contributed by atoms with Gasteiger partial charge in [-0.3, -0.25) is 4.68 Å². The van der Waals surface area contributed by atoms with Crippen LogP contribution in [0.15, 0.2) is 22.6 Å². The number of thiazole rings is 1. The maximum Gasteiger partial charge on any atom is 0.183 e. The molecule has 2 heterocycles. The minimum atomic E-state index is 0.789. The Morgan fingerprint density at radius 2 is 2.50 bits per heavy atom. The Morgan fingerprint density at radius 1 is 1.57 bits per heavy atom. The van der Waals surface area contributed by atoms with Crippen LogP contribution in [0.1, 0.15) is 0 Å². The normalized spacial score (nSPS) is 10.4. The van der Waals surface area contributed by atoms with E-state index in [-0.39, 0.29) is 0 Å². The highest BCUT2D eigenvalue weighted by Gasteiger charge is 1.97. The summed E-state index contributed by atoms with van der Waals surface area (Å²) in [6.07, 6.45) is 5.00. The van der Waals surface area contributed by atoms with Crippen LogP contribution in [-0.2, 0) is 6.54 Å². The molecular weight excluding hydrogens is 266 g/mol. The third-order valence-corrected chi connectivity index (χ3v) is 3.00. The fourth-order valence-electron chi connectivity index (χ4n) is 0.962. The Kier molecular flexibility index (Phi) is 3.10. The first-order valence-electron chi connectivity index (χ1n) is 4.02. The van der Waals surface area contributed by atoms with E-state index in [2.05, 4.69) is 36.3 Å². The molecule has 0 bridgehead atoms. The Balaban J connectivity index is 1.78. The van der Waals surface area contributed by atoms with Gasteiger partial charge in [0.1, 0.15) is 12.7 Å². The Hall–Kier alpha value is -0.950. The summed E-state index contributed by atoms with van der Waals surface area (Å²) in [5.41, 5.74) is 0. The van der Waals surface area contributed by atoms with Crippen LogP contribution in [0.4, 0.5) is 5.13 Å². The first-order valence-corrected chi connectivity index (χ1v) is 5.63. The molecular formula is C7H8BrN5S. The lowest BCUT2D eigenvalue weighted by Gasteiger charge is -2.01. The molecule has 0 radical (unpaired) electrons. The minimum Gasteiger partial charge on any atom is -0.360 e. The fourth-order valence-corrected chi connectivity index (χ4v) is 2.09. The maximum absolute atomic E-state index is 4.15. The molecule has 0 amide bonds. The number of hydrogen-bond acceptors (Lipinski definition) is 5. The number of hydrogen-bond donors (Lipinski definition) is 1. The molecule has 2 aromatic heterocycles.